The number of rotatable bonds is 2. The van der Waals surface area contributed by atoms with Crippen molar-refractivity contribution in [2.24, 2.45) is 0 Å². The lowest BCUT2D eigenvalue weighted by atomic mass is 10.3. The second-order valence-electron chi connectivity index (χ2n) is 4.23. The summed E-state index contributed by atoms with van der Waals surface area (Å²) in [7, 11) is 0. The van der Waals surface area contributed by atoms with Gasteiger partial charge in [0, 0.05) is 6.92 Å². The molecule has 0 aromatic heterocycles. The molecule has 0 aliphatic rings. The fourth-order valence-corrected chi connectivity index (χ4v) is 1.46. The zero-order chi connectivity index (χ0) is 17.2. The van der Waals surface area contributed by atoms with Crippen LogP contribution in [0.1, 0.15) is 6.92 Å². The number of amides is 1. The molecule has 0 spiro atoms. The molecule has 116 valence electrons. The second kappa shape index (κ2) is 8.80. The fraction of sp³-hybridized carbons (Fsp3) is 0.0625. The van der Waals surface area contributed by atoms with Gasteiger partial charge in [-0.1, -0.05) is 24.3 Å². The topological polar surface area (TPSA) is 81.5 Å². The minimum absolute atomic E-state index is 0.361. The van der Waals surface area contributed by atoms with Gasteiger partial charge in [-0.15, -0.1) is 0 Å². The summed E-state index contributed by atoms with van der Waals surface area (Å²) in [5.41, 5.74) is 3.97. The lowest BCUT2D eigenvalue weighted by molar-refractivity contribution is -0.121. The molecule has 2 aromatic carbocycles. The van der Waals surface area contributed by atoms with Crippen molar-refractivity contribution in [1.29, 1.82) is 0 Å². The van der Waals surface area contributed by atoms with E-state index in [1.807, 2.05) is 5.48 Å². The maximum atomic E-state index is 10.7. The van der Waals surface area contributed by atoms with Crippen LogP contribution in [0.2, 0.25) is 0 Å². The van der Waals surface area contributed by atoms with Crippen molar-refractivity contribution in [2.75, 3.05) is 10.5 Å². The van der Waals surface area contributed by atoms with E-state index in [0.29, 0.717) is 27.8 Å². The van der Waals surface area contributed by atoms with Crippen molar-refractivity contribution in [1.82, 2.24) is 0 Å². The molecule has 1 amide bonds. The molecule has 0 radical (unpaired) electrons. The molecule has 0 aliphatic heterocycles. The van der Waals surface area contributed by atoms with Gasteiger partial charge in [-0.25, -0.2) is 9.69 Å². The quantitative estimate of drug-likeness (QED) is 0.444. The highest BCUT2D eigenvalue weighted by molar-refractivity contribution is 5.89. The first-order chi connectivity index (χ1) is 11.0. The van der Waals surface area contributed by atoms with Crippen LogP contribution in [0, 0.1) is 13.1 Å². The van der Waals surface area contributed by atoms with Crippen LogP contribution in [-0.4, -0.2) is 16.3 Å². The van der Waals surface area contributed by atoms with Crippen LogP contribution < -0.4 is 10.5 Å². The Kier molecular flexibility index (Phi) is 6.76. The fourth-order valence-electron chi connectivity index (χ4n) is 1.46. The number of nitrogens with zero attached hydrogens (tertiary/aromatic N) is 3. The van der Waals surface area contributed by atoms with Gasteiger partial charge >= 0.3 is 0 Å². The van der Waals surface area contributed by atoms with Gasteiger partial charge in [0.2, 0.25) is 5.91 Å². The van der Waals surface area contributed by atoms with Crippen LogP contribution in [0.4, 0.5) is 22.7 Å². The standard InChI is InChI=1S/C9H8N2O2.C7H6N2O/c1-7(12)11(13)9-5-3-8(10-2)4-6-9;1-8-6-2-4-7(9-10)5-3-6/h3-6,13H,1H3;2-5,9-10H. The average molecular weight is 310 g/mol. The predicted octanol–water partition coefficient (Wildman–Crippen LogP) is 4.02. The molecule has 0 saturated heterocycles. The van der Waals surface area contributed by atoms with E-state index < -0.39 is 5.91 Å². The Labute approximate surface area is 133 Å². The van der Waals surface area contributed by atoms with E-state index in [1.54, 1.807) is 24.3 Å². The molecule has 23 heavy (non-hydrogen) atoms. The summed E-state index contributed by atoms with van der Waals surface area (Å²) in [6.45, 7) is 14.6. The largest absolute Gasteiger partial charge is 0.291 e. The molecule has 2 aromatic rings. The van der Waals surface area contributed by atoms with Gasteiger partial charge in [0.15, 0.2) is 11.4 Å². The maximum Gasteiger partial charge on any atom is 0.247 e. The summed E-state index contributed by atoms with van der Waals surface area (Å²) >= 11 is 0. The maximum absolute atomic E-state index is 10.7. The van der Waals surface area contributed by atoms with Gasteiger partial charge in [0.25, 0.3) is 0 Å². The first kappa shape index (κ1) is 17.7. The molecule has 7 nitrogen and oxygen atoms in total. The molecule has 0 atom stereocenters. The Morgan fingerprint density at radius 2 is 1.43 bits per heavy atom. The Morgan fingerprint density at radius 3 is 1.78 bits per heavy atom. The van der Waals surface area contributed by atoms with Crippen molar-refractivity contribution < 1.29 is 15.2 Å². The highest BCUT2D eigenvalue weighted by atomic mass is 16.5. The monoisotopic (exact) mass is 310 g/mol. The smallest absolute Gasteiger partial charge is 0.247 e. The molecule has 2 rings (SSSR count). The van der Waals surface area contributed by atoms with Crippen molar-refractivity contribution >= 4 is 28.7 Å². The van der Waals surface area contributed by atoms with Gasteiger partial charge in [0.1, 0.15) is 0 Å². The van der Waals surface area contributed by atoms with E-state index in [4.69, 9.17) is 23.6 Å². The summed E-state index contributed by atoms with van der Waals surface area (Å²) in [5, 5.41) is 18.1. The third-order valence-electron chi connectivity index (χ3n) is 2.65. The zero-order valence-electron chi connectivity index (χ0n) is 12.3. The molecule has 0 bridgehead atoms. The van der Waals surface area contributed by atoms with Gasteiger partial charge < -0.3 is 0 Å². The number of hydrogen-bond donors (Lipinski definition) is 3. The zero-order valence-corrected chi connectivity index (χ0v) is 12.3. The number of benzene rings is 2. The third-order valence-corrected chi connectivity index (χ3v) is 2.65. The molecular formula is C16H14N4O3. The molecule has 0 heterocycles. The van der Waals surface area contributed by atoms with E-state index >= 15 is 0 Å². The van der Waals surface area contributed by atoms with Crippen LogP contribution in [0.3, 0.4) is 0 Å². The second-order valence-corrected chi connectivity index (χ2v) is 4.23. The molecule has 0 unspecified atom stereocenters. The highest BCUT2D eigenvalue weighted by Gasteiger charge is 2.06. The van der Waals surface area contributed by atoms with E-state index in [1.165, 1.54) is 31.2 Å². The molecule has 0 fully saturated rings. The van der Waals surface area contributed by atoms with E-state index in [2.05, 4.69) is 9.69 Å². The Balaban J connectivity index is 0.000000238. The van der Waals surface area contributed by atoms with Crippen LogP contribution in [0.25, 0.3) is 9.69 Å². The SMILES string of the molecule is [C-]#[N+]c1ccc(N(O)C(C)=O)cc1.[C-]#[N+]c1ccc(NO)cc1. The van der Waals surface area contributed by atoms with Crippen LogP contribution >= 0.6 is 0 Å². The van der Waals surface area contributed by atoms with Gasteiger partial charge in [-0.3, -0.25) is 20.7 Å². The number of anilines is 2. The normalized spacial score (nSPS) is 8.74. The number of carbonyl (C=O) groups excluding carboxylic acids is 1. The highest BCUT2D eigenvalue weighted by Crippen LogP contribution is 2.18. The van der Waals surface area contributed by atoms with Crippen LogP contribution in [0.15, 0.2) is 48.5 Å². The van der Waals surface area contributed by atoms with Crippen molar-refractivity contribution in [3.05, 3.63) is 71.4 Å². The number of hydrogen-bond acceptors (Lipinski definition) is 4. The molecule has 0 saturated carbocycles. The van der Waals surface area contributed by atoms with Gasteiger partial charge in [-0.2, -0.15) is 5.06 Å². The Hall–Kier alpha value is -3.39. The predicted molar refractivity (Wildman–Crippen MR) is 85.8 cm³/mol. The lowest BCUT2D eigenvalue weighted by Gasteiger charge is -2.11. The summed E-state index contributed by atoms with van der Waals surface area (Å²) in [5.74, 6) is -0.462. The van der Waals surface area contributed by atoms with E-state index in [9.17, 15) is 4.79 Å². The van der Waals surface area contributed by atoms with Crippen molar-refractivity contribution in [2.45, 2.75) is 6.92 Å². The lowest BCUT2D eigenvalue weighted by Crippen LogP contribution is -2.23. The number of hydroxylamine groups is 1. The number of nitrogens with one attached hydrogen (secondary N) is 1. The minimum atomic E-state index is -0.462. The minimum Gasteiger partial charge on any atom is -0.291 e. The van der Waals surface area contributed by atoms with Crippen LogP contribution in [0.5, 0.6) is 0 Å². The molecule has 3 N–H and O–H groups in total. The van der Waals surface area contributed by atoms with Crippen LogP contribution in [-0.2, 0) is 4.79 Å². The first-order valence-corrected chi connectivity index (χ1v) is 6.36. The van der Waals surface area contributed by atoms with Gasteiger partial charge in [-0.05, 0) is 24.3 Å². The molecular weight excluding hydrogens is 296 g/mol. The summed E-state index contributed by atoms with van der Waals surface area (Å²) < 4.78 is 0. The van der Waals surface area contributed by atoms with E-state index in [0.717, 1.165) is 0 Å². The first-order valence-electron chi connectivity index (χ1n) is 6.36. The summed E-state index contributed by atoms with van der Waals surface area (Å²) in [4.78, 5) is 17.1. The Morgan fingerprint density at radius 1 is 1.00 bits per heavy atom. The summed E-state index contributed by atoms with van der Waals surface area (Å²) in [6.07, 6.45) is 0. The Bertz CT molecular complexity index is 728. The van der Waals surface area contributed by atoms with Crippen molar-refractivity contribution in [3.63, 3.8) is 0 Å². The third kappa shape index (κ3) is 5.48. The molecule has 0 aliphatic carbocycles. The van der Waals surface area contributed by atoms with Crippen molar-refractivity contribution in [3.8, 4) is 0 Å². The molecule has 7 heteroatoms. The average Bonchev–Trinajstić information content (AvgIpc) is 2.61. The number of carbonyl (C=O) groups is 1. The van der Waals surface area contributed by atoms with Gasteiger partial charge in [0.05, 0.1) is 24.5 Å². The van der Waals surface area contributed by atoms with E-state index in [-0.39, 0.29) is 0 Å². The summed E-state index contributed by atoms with van der Waals surface area (Å²) in [6, 6.07) is 12.6.